The average Bonchev–Trinajstić information content (AvgIpc) is 2.30. The van der Waals surface area contributed by atoms with Gasteiger partial charge in [0.2, 0.25) is 0 Å². The molecule has 0 radical (unpaired) electrons. The van der Waals surface area contributed by atoms with Gasteiger partial charge in [0.25, 0.3) is 0 Å². The third-order valence-corrected chi connectivity index (χ3v) is 2.42. The number of pyridine rings is 2. The van der Waals surface area contributed by atoms with E-state index in [-0.39, 0.29) is 0 Å². The molecule has 0 saturated carbocycles. The van der Waals surface area contributed by atoms with E-state index in [1.54, 1.807) is 0 Å². The number of nitrogens with zero attached hydrogens (tertiary/aromatic N) is 2. The van der Waals surface area contributed by atoms with Crippen LogP contribution < -0.4 is 0 Å². The lowest BCUT2D eigenvalue weighted by Crippen LogP contribution is -1.94. The van der Waals surface area contributed by atoms with Crippen LogP contribution in [0.1, 0.15) is 25.3 Å². The fraction of sp³-hybridized carbons (Fsp3) is 0.231. The second-order valence-electron chi connectivity index (χ2n) is 3.83. The molecule has 0 aliphatic rings. The summed E-state index contributed by atoms with van der Waals surface area (Å²) in [7, 11) is 0. The van der Waals surface area contributed by atoms with Gasteiger partial charge in [-0.05, 0) is 29.7 Å². The molecule has 0 bridgehead atoms. The molecule has 0 spiro atoms. The number of rotatable bonds is 2. The Labute approximate surface area is 90.0 Å². The molecule has 2 aromatic heterocycles. The molecule has 0 fully saturated rings. The predicted octanol–water partition coefficient (Wildman–Crippen LogP) is 3.27. The largest absolute Gasteiger partial charge is 0.264 e. The van der Waals surface area contributed by atoms with Crippen LogP contribution in [0.2, 0.25) is 0 Å². The van der Waals surface area contributed by atoms with Crippen LogP contribution in [0.4, 0.5) is 0 Å². The lowest BCUT2D eigenvalue weighted by atomic mass is 9.97. The molecule has 0 N–H and O–H groups in total. The monoisotopic (exact) mass is 198 g/mol. The summed E-state index contributed by atoms with van der Waals surface area (Å²) in [6, 6.07) is 8.01. The molecule has 0 atom stereocenters. The van der Waals surface area contributed by atoms with E-state index < -0.39 is 0 Å². The third-order valence-electron chi connectivity index (χ3n) is 2.42. The van der Waals surface area contributed by atoms with Gasteiger partial charge >= 0.3 is 0 Å². The van der Waals surface area contributed by atoms with Gasteiger partial charge in [0.15, 0.2) is 0 Å². The van der Waals surface area contributed by atoms with E-state index in [2.05, 4.69) is 29.9 Å². The first-order valence-electron chi connectivity index (χ1n) is 5.14. The van der Waals surface area contributed by atoms with Gasteiger partial charge in [-0.3, -0.25) is 9.97 Å². The highest BCUT2D eigenvalue weighted by Gasteiger charge is 2.08. The van der Waals surface area contributed by atoms with Gasteiger partial charge in [0.05, 0.1) is 5.69 Å². The van der Waals surface area contributed by atoms with Crippen LogP contribution in [0, 0.1) is 0 Å². The molecule has 0 aromatic carbocycles. The van der Waals surface area contributed by atoms with E-state index in [1.165, 1.54) is 5.56 Å². The molecule has 2 rings (SSSR count). The second-order valence-corrected chi connectivity index (χ2v) is 3.83. The Kier molecular flexibility index (Phi) is 2.77. The molecule has 0 saturated heterocycles. The molecule has 2 heteroatoms. The van der Waals surface area contributed by atoms with Crippen molar-refractivity contribution in [3.63, 3.8) is 0 Å². The first kappa shape index (κ1) is 9.84. The van der Waals surface area contributed by atoms with Crippen LogP contribution in [-0.2, 0) is 0 Å². The lowest BCUT2D eigenvalue weighted by Gasteiger charge is -2.10. The maximum absolute atomic E-state index is 4.35. The highest BCUT2D eigenvalue weighted by molar-refractivity contribution is 5.62. The van der Waals surface area contributed by atoms with Gasteiger partial charge in [-0.25, -0.2) is 0 Å². The minimum Gasteiger partial charge on any atom is -0.264 e. The first-order valence-corrected chi connectivity index (χ1v) is 5.14. The molecule has 0 aliphatic carbocycles. The molecule has 0 amide bonds. The number of hydrogen-bond acceptors (Lipinski definition) is 2. The molecule has 2 nitrogen and oxygen atoms in total. The van der Waals surface area contributed by atoms with E-state index in [1.807, 2.05) is 36.8 Å². The van der Waals surface area contributed by atoms with Crippen LogP contribution in [0.25, 0.3) is 11.3 Å². The lowest BCUT2D eigenvalue weighted by molar-refractivity contribution is 0.864. The predicted molar refractivity (Wildman–Crippen MR) is 61.6 cm³/mol. The van der Waals surface area contributed by atoms with Crippen molar-refractivity contribution in [2.24, 2.45) is 0 Å². The Morgan fingerprint density at radius 2 is 1.93 bits per heavy atom. The van der Waals surface area contributed by atoms with Crippen molar-refractivity contribution in [2.45, 2.75) is 19.8 Å². The zero-order valence-corrected chi connectivity index (χ0v) is 9.01. The van der Waals surface area contributed by atoms with Gasteiger partial charge in [0.1, 0.15) is 0 Å². The van der Waals surface area contributed by atoms with E-state index >= 15 is 0 Å². The summed E-state index contributed by atoms with van der Waals surface area (Å²) in [5.41, 5.74) is 3.42. The summed E-state index contributed by atoms with van der Waals surface area (Å²) >= 11 is 0. The van der Waals surface area contributed by atoms with Crippen LogP contribution in [0.5, 0.6) is 0 Å². The normalized spacial score (nSPS) is 10.6. The van der Waals surface area contributed by atoms with E-state index in [0.29, 0.717) is 5.92 Å². The molecular weight excluding hydrogens is 184 g/mol. The molecular formula is C13H14N2. The van der Waals surface area contributed by atoms with Crippen LogP contribution in [0.3, 0.4) is 0 Å². The summed E-state index contributed by atoms with van der Waals surface area (Å²) in [6.45, 7) is 4.36. The summed E-state index contributed by atoms with van der Waals surface area (Å²) in [4.78, 5) is 8.52. The molecule has 0 aliphatic heterocycles. The number of hydrogen-bond donors (Lipinski definition) is 0. The minimum absolute atomic E-state index is 0.491. The molecule has 0 unspecified atom stereocenters. The standard InChI is InChI=1S/C13H14N2/c1-10(2)11-6-8-14-9-12(11)13-5-3-4-7-15-13/h3-10H,1-2H3. The second kappa shape index (κ2) is 4.22. The fourth-order valence-corrected chi connectivity index (χ4v) is 1.64. The van der Waals surface area contributed by atoms with E-state index in [0.717, 1.165) is 11.3 Å². The minimum atomic E-state index is 0.491. The Balaban J connectivity index is 2.53. The highest BCUT2D eigenvalue weighted by Crippen LogP contribution is 2.26. The van der Waals surface area contributed by atoms with Crippen molar-refractivity contribution in [3.8, 4) is 11.3 Å². The van der Waals surface area contributed by atoms with Gasteiger partial charge in [0, 0.05) is 24.2 Å². The van der Waals surface area contributed by atoms with Gasteiger partial charge in [-0.15, -0.1) is 0 Å². The Morgan fingerprint density at radius 1 is 1.07 bits per heavy atom. The van der Waals surface area contributed by atoms with Gasteiger partial charge < -0.3 is 0 Å². The third kappa shape index (κ3) is 2.04. The summed E-state index contributed by atoms with van der Waals surface area (Å²) in [5, 5.41) is 0. The van der Waals surface area contributed by atoms with Crippen LogP contribution in [0.15, 0.2) is 42.9 Å². The molecule has 76 valence electrons. The van der Waals surface area contributed by atoms with Crippen molar-refractivity contribution in [1.29, 1.82) is 0 Å². The topological polar surface area (TPSA) is 25.8 Å². The van der Waals surface area contributed by atoms with Crippen molar-refractivity contribution < 1.29 is 0 Å². The van der Waals surface area contributed by atoms with Crippen LogP contribution in [-0.4, -0.2) is 9.97 Å². The van der Waals surface area contributed by atoms with Crippen molar-refractivity contribution in [3.05, 3.63) is 48.4 Å². The number of aromatic nitrogens is 2. The Hall–Kier alpha value is -1.70. The summed E-state index contributed by atoms with van der Waals surface area (Å²) in [5.74, 6) is 0.491. The zero-order valence-electron chi connectivity index (χ0n) is 9.01. The quantitative estimate of drug-likeness (QED) is 0.740. The van der Waals surface area contributed by atoms with Crippen LogP contribution >= 0.6 is 0 Å². The summed E-state index contributed by atoms with van der Waals surface area (Å²) in [6.07, 6.45) is 5.53. The fourth-order valence-electron chi connectivity index (χ4n) is 1.64. The van der Waals surface area contributed by atoms with Gasteiger partial charge in [-0.2, -0.15) is 0 Å². The Morgan fingerprint density at radius 3 is 2.60 bits per heavy atom. The highest BCUT2D eigenvalue weighted by atomic mass is 14.7. The van der Waals surface area contributed by atoms with Gasteiger partial charge in [-0.1, -0.05) is 19.9 Å². The van der Waals surface area contributed by atoms with Crippen molar-refractivity contribution in [1.82, 2.24) is 9.97 Å². The molecule has 15 heavy (non-hydrogen) atoms. The average molecular weight is 198 g/mol. The first-order chi connectivity index (χ1) is 7.29. The zero-order chi connectivity index (χ0) is 10.7. The van der Waals surface area contributed by atoms with Crippen molar-refractivity contribution >= 4 is 0 Å². The SMILES string of the molecule is CC(C)c1ccncc1-c1ccccn1. The Bertz CT molecular complexity index is 435. The van der Waals surface area contributed by atoms with E-state index in [4.69, 9.17) is 0 Å². The molecule has 2 aromatic rings. The molecule has 2 heterocycles. The maximum Gasteiger partial charge on any atom is 0.0720 e. The maximum atomic E-state index is 4.35. The smallest absolute Gasteiger partial charge is 0.0720 e. The van der Waals surface area contributed by atoms with E-state index in [9.17, 15) is 0 Å². The van der Waals surface area contributed by atoms with Crippen molar-refractivity contribution in [2.75, 3.05) is 0 Å². The summed E-state index contributed by atoms with van der Waals surface area (Å²) < 4.78 is 0.